The summed E-state index contributed by atoms with van der Waals surface area (Å²) in [4.78, 5) is 0. The van der Waals surface area contributed by atoms with Crippen molar-refractivity contribution in [3.05, 3.63) is 108 Å². The van der Waals surface area contributed by atoms with E-state index in [0.29, 0.717) is 5.88 Å². The number of hydrogen-bond acceptors (Lipinski definition) is 3. The van der Waals surface area contributed by atoms with Crippen LogP contribution in [0.3, 0.4) is 0 Å². The Morgan fingerprint density at radius 1 is 0.677 bits per heavy atom. The van der Waals surface area contributed by atoms with Crippen molar-refractivity contribution >= 4 is 24.0 Å². The summed E-state index contributed by atoms with van der Waals surface area (Å²) >= 11 is 4.46. The summed E-state index contributed by atoms with van der Waals surface area (Å²) in [5, 5.41) is 2.14. The first-order valence-electron chi connectivity index (χ1n) is 10.6. The molecular weight excluding hydrogens is 396 g/mol. The number of fused-ring (bicyclic) bond motifs is 3. The number of hydrazine groups is 1. The van der Waals surface area contributed by atoms with Crippen molar-refractivity contribution in [3.8, 4) is 22.3 Å². The van der Waals surface area contributed by atoms with E-state index in [9.17, 15) is 0 Å². The predicted octanol–water partition coefficient (Wildman–Crippen LogP) is 7.19. The number of thiol groups is 1. The highest BCUT2D eigenvalue weighted by Crippen LogP contribution is 2.49. The highest BCUT2D eigenvalue weighted by molar-refractivity contribution is 7.80. The molecule has 0 spiro atoms. The van der Waals surface area contributed by atoms with E-state index >= 15 is 0 Å². The Bertz CT molecular complexity index is 1230. The van der Waals surface area contributed by atoms with Crippen molar-refractivity contribution in [2.24, 2.45) is 0 Å². The van der Waals surface area contributed by atoms with E-state index in [1.165, 1.54) is 33.4 Å². The lowest BCUT2D eigenvalue weighted by Gasteiger charge is -2.28. The van der Waals surface area contributed by atoms with Crippen molar-refractivity contribution in [2.45, 2.75) is 19.3 Å². The molecular formula is C28H26N2S. The molecule has 4 aromatic carbocycles. The minimum Gasteiger partial charge on any atom is -0.276 e. The number of rotatable bonds is 5. The Morgan fingerprint density at radius 3 is 2.16 bits per heavy atom. The third kappa shape index (κ3) is 3.44. The maximum Gasteiger partial charge on any atom is 0.0584 e. The van der Waals surface area contributed by atoms with Gasteiger partial charge in [0, 0.05) is 5.41 Å². The lowest BCUT2D eigenvalue weighted by atomic mass is 9.82. The van der Waals surface area contributed by atoms with E-state index in [-0.39, 0.29) is 5.41 Å². The second kappa shape index (κ2) is 7.92. The van der Waals surface area contributed by atoms with Gasteiger partial charge in [0.25, 0.3) is 0 Å². The summed E-state index contributed by atoms with van der Waals surface area (Å²) in [5.74, 6) is 0.538. The molecule has 0 amide bonds. The van der Waals surface area contributed by atoms with Gasteiger partial charge in [-0.3, -0.25) is 5.01 Å². The number of benzene rings is 4. The van der Waals surface area contributed by atoms with E-state index in [1.807, 2.05) is 6.07 Å². The van der Waals surface area contributed by atoms with Crippen molar-refractivity contribution in [1.29, 1.82) is 0 Å². The lowest BCUT2D eigenvalue weighted by Crippen LogP contribution is -2.33. The van der Waals surface area contributed by atoms with Crippen molar-refractivity contribution < 1.29 is 0 Å². The molecule has 0 radical (unpaired) electrons. The van der Waals surface area contributed by atoms with Gasteiger partial charge in [-0.15, -0.1) is 0 Å². The molecule has 0 heterocycles. The van der Waals surface area contributed by atoms with Crippen LogP contribution in [0, 0.1) is 0 Å². The molecule has 5 rings (SSSR count). The summed E-state index contributed by atoms with van der Waals surface area (Å²) in [6.07, 6.45) is 0. The monoisotopic (exact) mass is 422 g/mol. The Labute approximate surface area is 189 Å². The van der Waals surface area contributed by atoms with Gasteiger partial charge in [-0.1, -0.05) is 86.6 Å². The Balaban J connectivity index is 1.58. The normalized spacial score (nSPS) is 13.5. The summed E-state index contributed by atoms with van der Waals surface area (Å²) in [7, 11) is 0. The van der Waals surface area contributed by atoms with Crippen LogP contribution in [0.15, 0.2) is 97.1 Å². The van der Waals surface area contributed by atoms with Crippen molar-refractivity contribution in [1.82, 2.24) is 5.43 Å². The lowest BCUT2D eigenvalue weighted by molar-refractivity contribution is 0.659. The fraction of sp³-hybridized carbons (Fsp3) is 0.143. The van der Waals surface area contributed by atoms with Gasteiger partial charge in [-0.2, -0.15) is 12.6 Å². The minimum atomic E-state index is -0.0273. The smallest absolute Gasteiger partial charge is 0.0584 e. The van der Waals surface area contributed by atoms with Gasteiger partial charge in [-0.05, 0) is 57.6 Å². The van der Waals surface area contributed by atoms with Gasteiger partial charge in [0.1, 0.15) is 0 Å². The van der Waals surface area contributed by atoms with Crippen LogP contribution in [-0.2, 0) is 5.41 Å². The molecule has 0 bridgehead atoms. The molecule has 0 unspecified atom stereocenters. The maximum atomic E-state index is 4.46. The number of nitrogens with zero attached hydrogens (tertiary/aromatic N) is 1. The van der Waals surface area contributed by atoms with Crippen LogP contribution in [0.4, 0.5) is 11.4 Å². The second-order valence-electron chi connectivity index (χ2n) is 8.47. The average molecular weight is 423 g/mol. The van der Waals surface area contributed by atoms with E-state index in [1.54, 1.807) is 0 Å². The minimum absolute atomic E-state index is 0.0273. The highest BCUT2D eigenvalue weighted by Gasteiger charge is 2.35. The maximum absolute atomic E-state index is 4.46. The molecule has 2 nitrogen and oxygen atoms in total. The number of anilines is 2. The van der Waals surface area contributed by atoms with Gasteiger partial charge in [-0.25, -0.2) is 5.43 Å². The first kappa shape index (κ1) is 19.9. The highest BCUT2D eigenvalue weighted by atomic mass is 32.1. The summed E-state index contributed by atoms with van der Waals surface area (Å²) in [6, 6.07) is 34.6. The first-order valence-corrected chi connectivity index (χ1v) is 11.3. The second-order valence-corrected chi connectivity index (χ2v) is 8.78. The predicted molar refractivity (Wildman–Crippen MR) is 135 cm³/mol. The molecule has 4 aromatic rings. The Hall–Kier alpha value is -3.01. The fourth-order valence-corrected chi connectivity index (χ4v) is 4.83. The van der Waals surface area contributed by atoms with Crippen LogP contribution in [0.25, 0.3) is 22.3 Å². The van der Waals surface area contributed by atoms with E-state index in [0.717, 1.165) is 11.4 Å². The molecule has 0 aliphatic heterocycles. The van der Waals surface area contributed by atoms with Crippen LogP contribution in [0.1, 0.15) is 25.0 Å². The summed E-state index contributed by atoms with van der Waals surface area (Å²) in [5.41, 5.74) is 13.4. The molecule has 31 heavy (non-hydrogen) atoms. The average Bonchev–Trinajstić information content (AvgIpc) is 3.05. The van der Waals surface area contributed by atoms with E-state index < -0.39 is 0 Å². The molecule has 0 aromatic heterocycles. The summed E-state index contributed by atoms with van der Waals surface area (Å²) < 4.78 is 0. The number of nitrogens with one attached hydrogen (secondary N) is 1. The van der Waals surface area contributed by atoms with Crippen LogP contribution >= 0.6 is 12.6 Å². The summed E-state index contributed by atoms with van der Waals surface area (Å²) in [6.45, 7) is 4.63. The van der Waals surface area contributed by atoms with Crippen molar-refractivity contribution in [2.75, 3.05) is 10.9 Å². The number of hydrogen-bond donors (Lipinski definition) is 2. The molecule has 154 valence electrons. The molecule has 0 atom stereocenters. The largest absolute Gasteiger partial charge is 0.276 e. The molecule has 1 N–H and O–H groups in total. The molecule has 0 fully saturated rings. The first-order chi connectivity index (χ1) is 15.1. The topological polar surface area (TPSA) is 15.3 Å². The fourth-order valence-electron chi connectivity index (χ4n) is 4.69. The van der Waals surface area contributed by atoms with Crippen molar-refractivity contribution in [3.63, 3.8) is 0 Å². The third-order valence-electron chi connectivity index (χ3n) is 6.27. The standard InChI is InChI=1S/C28H26N2S/c1-28(2)26-14-7-6-13-24(26)25-16-15-23(18-27(25)28)30(29-19-31)22-12-8-11-21(17-22)20-9-4-3-5-10-20/h3-18,29,31H,19H2,1-2H3. The quantitative estimate of drug-likeness (QED) is 0.201. The Kier molecular flexibility index (Phi) is 5.09. The zero-order valence-electron chi connectivity index (χ0n) is 17.8. The van der Waals surface area contributed by atoms with Gasteiger partial charge < -0.3 is 0 Å². The molecule has 1 aliphatic rings. The van der Waals surface area contributed by atoms with Gasteiger partial charge in [0.05, 0.1) is 17.3 Å². The van der Waals surface area contributed by atoms with Crippen LogP contribution < -0.4 is 10.4 Å². The van der Waals surface area contributed by atoms with Crippen LogP contribution in [-0.4, -0.2) is 5.88 Å². The van der Waals surface area contributed by atoms with Gasteiger partial charge in [0.15, 0.2) is 0 Å². The SMILES string of the molecule is CC1(C)c2ccccc2-c2ccc(N(NCS)c3cccc(-c4ccccc4)c3)cc21. The molecule has 1 aliphatic carbocycles. The van der Waals surface area contributed by atoms with Gasteiger partial charge in [0.2, 0.25) is 0 Å². The molecule has 0 saturated heterocycles. The Morgan fingerprint density at radius 2 is 1.35 bits per heavy atom. The molecule has 3 heteroatoms. The van der Waals surface area contributed by atoms with Gasteiger partial charge >= 0.3 is 0 Å². The zero-order valence-corrected chi connectivity index (χ0v) is 18.7. The van der Waals surface area contributed by atoms with Crippen LogP contribution in [0.2, 0.25) is 0 Å². The van der Waals surface area contributed by atoms with E-state index in [2.05, 4.69) is 128 Å². The molecule has 0 saturated carbocycles. The third-order valence-corrected chi connectivity index (χ3v) is 6.41. The van der Waals surface area contributed by atoms with E-state index in [4.69, 9.17) is 0 Å². The zero-order chi connectivity index (χ0) is 21.4. The van der Waals surface area contributed by atoms with Crippen LogP contribution in [0.5, 0.6) is 0 Å².